The number of sulfonamides is 1. The summed E-state index contributed by atoms with van der Waals surface area (Å²) in [6.07, 6.45) is 4.47. The van der Waals surface area contributed by atoms with Crippen molar-refractivity contribution in [2.24, 2.45) is 5.92 Å². The zero-order chi connectivity index (χ0) is 26.9. The minimum Gasteiger partial charge on any atom is -0.355 e. The fourth-order valence-electron chi connectivity index (χ4n) is 5.00. The molecule has 37 heavy (non-hydrogen) atoms. The Labute approximate surface area is 219 Å². The molecule has 1 aliphatic rings. The Morgan fingerprint density at radius 2 is 1.59 bits per heavy atom. The molecule has 4 rings (SSSR count). The fourth-order valence-corrected chi connectivity index (χ4v) is 6.72. The molecule has 1 aliphatic heterocycles. The van der Waals surface area contributed by atoms with Crippen LogP contribution in [0, 0.1) is 47.5 Å². The maximum Gasteiger partial charge on any atom is 0.248 e. The van der Waals surface area contributed by atoms with E-state index in [1.165, 1.54) is 9.87 Å². The van der Waals surface area contributed by atoms with Crippen LogP contribution in [0.15, 0.2) is 39.8 Å². The summed E-state index contributed by atoms with van der Waals surface area (Å²) >= 11 is 0. The lowest BCUT2D eigenvalue weighted by Gasteiger charge is -2.30. The number of nitrogens with zero attached hydrogens (tertiary/aromatic N) is 2. The lowest BCUT2D eigenvalue weighted by atomic mass is 9.97. The van der Waals surface area contributed by atoms with E-state index in [0.717, 1.165) is 33.5 Å². The maximum atomic E-state index is 13.6. The van der Waals surface area contributed by atoms with E-state index in [2.05, 4.69) is 29.5 Å². The number of piperidine rings is 1. The average Bonchev–Trinajstić information content (AvgIpc) is 3.21. The van der Waals surface area contributed by atoms with Crippen LogP contribution in [-0.2, 0) is 14.8 Å². The van der Waals surface area contributed by atoms with Crippen molar-refractivity contribution in [1.82, 2.24) is 9.46 Å². The Morgan fingerprint density at radius 3 is 2.24 bits per heavy atom. The van der Waals surface area contributed by atoms with Crippen molar-refractivity contribution in [2.75, 3.05) is 18.4 Å². The summed E-state index contributed by atoms with van der Waals surface area (Å²) < 4.78 is 34.1. The standard InChI is InChI=1S/C29H35N3O4S/c1-18-7-8-20(3)26(17-18)30-29(33)24-11-13-32(14-12-24)37(34,35)28-23(6)31-36-27(28)10-9-25-21(4)15-19(2)16-22(25)5/h7-10,15-17,24H,11-14H2,1-6H3,(H,30,33)/b10-9+. The maximum absolute atomic E-state index is 13.6. The molecule has 7 nitrogen and oxygen atoms in total. The molecule has 0 unspecified atom stereocenters. The first-order valence-electron chi connectivity index (χ1n) is 12.6. The summed E-state index contributed by atoms with van der Waals surface area (Å²) in [7, 11) is -3.84. The van der Waals surface area contributed by atoms with Gasteiger partial charge in [0.25, 0.3) is 0 Å². The number of carbonyl (C=O) groups is 1. The number of carbonyl (C=O) groups excluding carboxylic acids is 1. The van der Waals surface area contributed by atoms with Gasteiger partial charge in [-0.25, -0.2) is 8.42 Å². The van der Waals surface area contributed by atoms with Crippen molar-refractivity contribution in [2.45, 2.75) is 59.3 Å². The van der Waals surface area contributed by atoms with Gasteiger partial charge in [0.05, 0.1) is 0 Å². The zero-order valence-electron chi connectivity index (χ0n) is 22.4. The van der Waals surface area contributed by atoms with E-state index in [-0.39, 0.29) is 35.6 Å². The van der Waals surface area contributed by atoms with Crippen LogP contribution < -0.4 is 5.32 Å². The van der Waals surface area contributed by atoms with Crippen LogP contribution in [-0.4, -0.2) is 36.9 Å². The van der Waals surface area contributed by atoms with Crippen LogP contribution in [0.25, 0.3) is 12.2 Å². The van der Waals surface area contributed by atoms with Crippen LogP contribution in [0.2, 0.25) is 0 Å². The third-order valence-electron chi connectivity index (χ3n) is 7.05. The van der Waals surface area contributed by atoms with Gasteiger partial charge in [0, 0.05) is 24.7 Å². The number of anilines is 1. The van der Waals surface area contributed by atoms with E-state index in [0.29, 0.717) is 18.5 Å². The molecule has 1 amide bonds. The van der Waals surface area contributed by atoms with Crippen molar-refractivity contribution in [1.29, 1.82) is 0 Å². The minimum absolute atomic E-state index is 0.0700. The number of hydrogen-bond donors (Lipinski definition) is 1. The van der Waals surface area contributed by atoms with E-state index >= 15 is 0 Å². The first-order chi connectivity index (χ1) is 17.5. The number of aromatic nitrogens is 1. The largest absolute Gasteiger partial charge is 0.355 e. The number of hydrogen-bond acceptors (Lipinski definition) is 5. The lowest BCUT2D eigenvalue weighted by Crippen LogP contribution is -2.41. The third-order valence-corrected chi connectivity index (χ3v) is 9.10. The SMILES string of the molecule is Cc1cc(C)c(/C=C/c2onc(C)c2S(=O)(=O)N2CCC(C(=O)Nc3cc(C)ccc3C)CC2)c(C)c1. The van der Waals surface area contributed by atoms with Crippen molar-refractivity contribution in [3.8, 4) is 0 Å². The Hall–Kier alpha value is -3.23. The van der Waals surface area contributed by atoms with Crippen molar-refractivity contribution < 1.29 is 17.7 Å². The summed E-state index contributed by atoms with van der Waals surface area (Å²) in [5, 5.41) is 6.98. The Balaban J connectivity index is 1.49. The zero-order valence-corrected chi connectivity index (χ0v) is 23.2. The molecule has 2 aromatic carbocycles. The summed E-state index contributed by atoms with van der Waals surface area (Å²) in [4.78, 5) is 13.0. The Kier molecular flexibility index (Phi) is 7.71. The van der Waals surface area contributed by atoms with Crippen LogP contribution in [0.5, 0.6) is 0 Å². The highest BCUT2D eigenvalue weighted by Crippen LogP contribution is 2.30. The summed E-state index contributed by atoms with van der Waals surface area (Å²) in [5.41, 5.74) is 7.62. The fraction of sp³-hybridized carbons (Fsp3) is 0.379. The molecule has 196 valence electrons. The molecule has 0 saturated carbocycles. The number of nitrogens with one attached hydrogen (secondary N) is 1. The molecule has 0 bridgehead atoms. The Bertz CT molecular complexity index is 1440. The van der Waals surface area contributed by atoms with E-state index in [1.807, 2.05) is 52.0 Å². The summed E-state index contributed by atoms with van der Waals surface area (Å²) in [5.74, 6) is -0.104. The van der Waals surface area contributed by atoms with Crippen molar-refractivity contribution >= 4 is 33.8 Å². The molecule has 0 aliphatic carbocycles. The topological polar surface area (TPSA) is 92.5 Å². The normalized spacial score (nSPS) is 15.4. The van der Waals surface area contributed by atoms with Gasteiger partial charge >= 0.3 is 0 Å². The molecule has 1 N–H and O–H groups in total. The molecule has 1 fully saturated rings. The predicted molar refractivity (Wildman–Crippen MR) is 147 cm³/mol. The predicted octanol–water partition coefficient (Wildman–Crippen LogP) is 5.73. The molecular formula is C29H35N3O4S. The van der Waals surface area contributed by atoms with Crippen LogP contribution in [0.4, 0.5) is 5.69 Å². The van der Waals surface area contributed by atoms with Gasteiger partial charge in [0.2, 0.25) is 15.9 Å². The van der Waals surface area contributed by atoms with E-state index in [4.69, 9.17) is 4.52 Å². The minimum atomic E-state index is -3.84. The lowest BCUT2D eigenvalue weighted by molar-refractivity contribution is -0.120. The second-order valence-electron chi connectivity index (χ2n) is 10.1. The molecule has 8 heteroatoms. The smallest absolute Gasteiger partial charge is 0.248 e. The highest BCUT2D eigenvalue weighted by atomic mass is 32.2. The molecule has 2 heterocycles. The van der Waals surface area contributed by atoms with Gasteiger partial charge < -0.3 is 9.84 Å². The first-order valence-corrected chi connectivity index (χ1v) is 14.0. The van der Waals surface area contributed by atoms with E-state index in [1.54, 1.807) is 13.0 Å². The van der Waals surface area contributed by atoms with Gasteiger partial charge in [-0.1, -0.05) is 41.1 Å². The van der Waals surface area contributed by atoms with Crippen LogP contribution in [0.1, 0.15) is 57.7 Å². The quantitative estimate of drug-likeness (QED) is 0.447. The van der Waals surface area contributed by atoms with E-state index in [9.17, 15) is 13.2 Å². The second kappa shape index (κ2) is 10.6. The van der Waals surface area contributed by atoms with Crippen molar-refractivity contribution in [3.05, 3.63) is 75.2 Å². The molecule has 0 spiro atoms. The second-order valence-corrected chi connectivity index (χ2v) is 12.0. The Morgan fingerprint density at radius 1 is 0.946 bits per heavy atom. The van der Waals surface area contributed by atoms with Crippen LogP contribution >= 0.6 is 0 Å². The van der Waals surface area contributed by atoms with Crippen LogP contribution in [0.3, 0.4) is 0 Å². The van der Waals surface area contributed by atoms with Gasteiger partial charge in [0.1, 0.15) is 5.69 Å². The average molecular weight is 522 g/mol. The van der Waals surface area contributed by atoms with Crippen molar-refractivity contribution in [3.63, 3.8) is 0 Å². The third kappa shape index (κ3) is 5.70. The molecule has 1 aromatic heterocycles. The first kappa shape index (κ1) is 26.8. The number of rotatable bonds is 6. The molecule has 1 saturated heterocycles. The number of amides is 1. The summed E-state index contributed by atoms with van der Waals surface area (Å²) in [6.45, 7) is 12.2. The summed E-state index contributed by atoms with van der Waals surface area (Å²) in [6, 6.07) is 10.1. The molecule has 3 aromatic rings. The molecule has 0 atom stereocenters. The number of benzene rings is 2. The van der Waals surface area contributed by atoms with E-state index < -0.39 is 10.0 Å². The van der Waals surface area contributed by atoms with Gasteiger partial charge in [-0.05, 0) is 94.3 Å². The molecule has 0 radical (unpaired) electrons. The highest BCUT2D eigenvalue weighted by molar-refractivity contribution is 7.89. The number of aryl methyl sites for hydroxylation is 6. The van der Waals surface area contributed by atoms with Gasteiger partial charge in [-0.3, -0.25) is 4.79 Å². The van der Waals surface area contributed by atoms with Gasteiger partial charge in [0.15, 0.2) is 10.7 Å². The highest BCUT2D eigenvalue weighted by Gasteiger charge is 2.36. The molecular weight excluding hydrogens is 486 g/mol. The van der Waals surface area contributed by atoms with Gasteiger partial charge in [-0.2, -0.15) is 4.31 Å². The van der Waals surface area contributed by atoms with Gasteiger partial charge in [-0.15, -0.1) is 0 Å². The monoisotopic (exact) mass is 521 g/mol.